The lowest BCUT2D eigenvalue weighted by Crippen LogP contribution is -2.23. The van der Waals surface area contributed by atoms with Gasteiger partial charge in [0.1, 0.15) is 5.82 Å². The van der Waals surface area contributed by atoms with Gasteiger partial charge in [0.15, 0.2) is 0 Å². The van der Waals surface area contributed by atoms with Crippen molar-refractivity contribution in [3.05, 3.63) is 17.8 Å². The highest BCUT2D eigenvalue weighted by Crippen LogP contribution is 2.13. The second kappa shape index (κ2) is 4.78. The Morgan fingerprint density at radius 3 is 2.93 bits per heavy atom. The number of pyridine rings is 1. The van der Waals surface area contributed by atoms with Crippen LogP contribution >= 0.6 is 0 Å². The first-order valence-corrected chi connectivity index (χ1v) is 4.38. The van der Waals surface area contributed by atoms with Crippen LogP contribution in [0.1, 0.15) is 5.56 Å². The minimum Gasteiger partial charge on any atom is -0.398 e. The van der Waals surface area contributed by atoms with Crippen LogP contribution in [0.4, 0.5) is 11.5 Å². The normalized spacial score (nSPS) is 12.5. The van der Waals surface area contributed by atoms with Crippen molar-refractivity contribution in [2.24, 2.45) is 0 Å². The number of hydrogen-bond acceptors (Lipinski definition) is 5. The van der Waals surface area contributed by atoms with E-state index in [1.165, 1.54) is 0 Å². The van der Waals surface area contributed by atoms with Crippen molar-refractivity contribution in [1.82, 2.24) is 4.98 Å². The molecule has 1 atom stereocenters. The van der Waals surface area contributed by atoms with E-state index in [1.54, 1.807) is 12.3 Å². The summed E-state index contributed by atoms with van der Waals surface area (Å²) in [7, 11) is 0. The molecule has 1 heterocycles. The van der Waals surface area contributed by atoms with Gasteiger partial charge in [-0.25, -0.2) is 4.98 Å². The van der Waals surface area contributed by atoms with Crippen molar-refractivity contribution in [2.75, 3.05) is 24.2 Å². The molecule has 0 bridgehead atoms. The molecular weight excluding hydrogens is 182 g/mol. The molecule has 0 aliphatic heterocycles. The highest BCUT2D eigenvalue weighted by molar-refractivity contribution is 5.53. The molecule has 78 valence electrons. The maximum absolute atomic E-state index is 9.07. The first kappa shape index (κ1) is 10.7. The molecular formula is C9H15N3O2. The van der Waals surface area contributed by atoms with Crippen LogP contribution in [0.15, 0.2) is 12.3 Å². The molecule has 5 N–H and O–H groups in total. The first-order valence-electron chi connectivity index (χ1n) is 4.38. The third-order valence-electron chi connectivity index (χ3n) is 1.87. The van der Waals surface area contributed by atoms with E-state index in [-0.39, 0.29) is 13.2 Å². The van der Waals surface area contributed by atoms with Gasteiger partial charge >= 0.3 is 0 Å². The van der Waals surface area contributed by atoms with Crippen molar-refractivity contribution in [2.45, 2.75) is 13.0 Å². The van der Waals surface area contributed by atoms with Crippen molar-refractivity contribution < 1.29 is 10.2 Å². The van der Waals surface area contributed by atoms with Crippen molar-refractivity contribution >= 4 is 11.5 Å². The Balaban J connectivity index is 2.55. The third kappa shape index (κ3) is 2.86. The number of rotatable bonds is 4. The molecule has 0 fully saturated rings. The number of hydrogen-bond donors (Lipinski definition) is 4. The highest BCUT2D eigenvalue weighted by Gasteiger charge is 2.02. The van der Waals surface area contributed by atoms with Crippen LogP contribution in [0.5, 0.6) is 0 Å². The number of nitrogens with one attached hydrogen (secondary N) is 1. The summed E-state index contributed by atoms with van der Waals surface area (Å²) < 4.78 is 0. The second-order valence-corrected chi connectivity index (χ2v) is 3.14. The molecule has 0 saturated carbocycles. The van der Waals surface area contributed by atoms with Crippen molar-refractivity contribution in [1.29, 1.82) is 0 Å². The average Bonchev–Trinajstić information content (AvgIpc) is 2.19. The maximum atomic E-state index is 9.07. The zero-order chi connectivity index (χ0) is 10.6. The molecule has 5 nitrogen and oxygen atoms in total. The lowest BCUT2D eigenvalue weighted by Gasteiger charge is -2.10. The lowest BCUT2D eigenvalue weighted by atomic mass is 10.2. The van der Waals surface area contributed by atoms with Gasteiger partial charge in [-0.2, -0.15) is 0 Å². The molecule has 5 heteroatoms. The first-order chi connectivity index (χ1) is 6.63. The average molecular weight is 197 g/mol. The molecule has 0 radical (unpaired) electrons. The van der Waals surface area contributed by atoms with Crippen LogP contribution < -0.4 is 11.1 Å². The number of anilines is 2. The van der Waals surface area contributed by atoms with Gasteiger partial charge in [0.25, 0.3) is 0 Å². The summed E-state index contributed by atoms with van der Waals surface area (Å²) in [5.74, 6) is 0.598. The van der Waals surface area contributed by atoms with Crippen LogP contribution in [-0.2, 0) is 0 Å². The van der Waals surface area contributed by atoms with Crippen LogP contribution in [0.3, 0.4) is 0 Å². The summed E-state index contributed by atoms with van der Waals surface area (Å²) in [5.41, 5.74) is 7.24. The van der Waals surface area contributed by atoms with Gasteiger partial charge < -0.3 is 21.3 Å². The third-order valence-corrected chi connectivity index (χ3v) is 1.87. The molecule has 0 aliphatic rings. The predicted molar refractivity (Wildman–Crippen MR) is 55.0 cm³/mol. The van der Waals surface area contributed by atoms with E-state index in [2.05, 4.69) is 10.3 Å². The molecule has 0 amide bonds. The van der Waals surface area contributed by atoms with E-state index in [0.717, 1.165) is 5.56 Å². The summed E-state index contributed by atoms with van der Waals surface area (Å²) in [4.78, 5) is 4.06. The molecule has 0 saturated heterocycles. The van der Waals surface area contributed by atoms with Crippen molar-refractivity contribution in [3.8, 4) is 0 Å². The van der Waals surface area contributed by atoms with E-state index in [9.17, 15) is 0 Å². The smallest absolute Gasteiger partial charge is 0.128 e. The van der Waals surface area contributed by atoms with E-state index < -0.39 is 6.10 Å². The number of aliphatic hydroxyl groups excluding tert-OH is 2. The quantitative estimate of drug-likeness (QED) is 0.533. The van der Waals surface area contributed by atoms with Gasteiger partial charge in [0, 0.05) is 24.5 Å². The molecule has 1 unspecified atom stereocenters. The fourth-order valence-corrected chi connectivity index (χ4v) is 0.923. The molecule has 1 aromatic heterocycles. The largest absolute Gasteiger partial charge is 0.398 e. The number of aliphatic hydroxyl groups is 2. The standard InChI is InChI=1S/C9H15N3O2/c1-6-3-11-9(2-8(6)10)12-4-7(14)5-13/h2-3,7,13-14H,4-5H2,1H3,(H3,10,11,12). The fraction of sp³-hybridized carbons (Fsp3) is 0.444. The highest BCUT2D eigenvalue weighted by atomic mass is 16.3. The van der Waals surface area contributed by atoms with E-state index in [0.29, 0.717) is 11.5 Å². The summed E-state index contributed by atoms with van der Waals surface area (Å²) in [6.45, 7) is 1.86. The lowest BCUT2D eigenvalue weighted by molar-refractivity contribution is 0.105. The minimum absolute atomic E-state index is 0.256. The van der Waals surface area contributed by atoms with E-state index in [4.69, 9.17) is 15.9 Å². The van der Waals surface area contributed by atoms with Crippen LogP contribution in [0, 0.1) is 6.92 Å². The van der Waals surface area contributed by atoms with Gasteiger partial charge in [-0.15, -0.1) is 0 Å². The number of nitrogens with two attached hydrogens (primary N) is 1. The predicted octanol–water partition coefficient (Wildman–Crippen LogP) is -0.263. The van der Waals surface area contributed by atoms with Gasteiger partial charge in [-0.1, -0.05) is 0 Å². The molecule has 0 aromatic carbocycles. The molecule has 14 heavy (non-hydrogen) atoms. The van der Waals surface area contributed by atoms with Crippen LogP contribution in [0.25, 0.3) is 0 Å². The van der Waals surface area contributed by atoms with Crippen LogP contribution in [-0.4, -0.2) is 34.5 Å². The Morgan fingerprint density at radius 2 is 2.36 bits per heavy atom. The van der Waals surface area contributed by atoms with E-state index >= 15 is 0 Å². The Labute approximate surface area is 82.6 Å². The topological polar surface area (TPSA) is 91.4 Å². The number of nitrogen functional groups attached to an aromatic ring is 1. The number of aromatic nitrogens is 1. The maximum Gasteiger partial charge on any atom is 0.128 e. The Morgan fingerprint density at radius 1 is 1.64 bits per heavy atom. The van der Waals surface area contributed by atoms with Gasteiger partial charge in [0.2, 0.25) is 0 Å². The zero-order valence-electron chi connectivity index (χ0n) is 8.07. The molecule has 0 spiro atoms. The Kier molecular flexibility index (Phi) is 3.67. The van der Waals surface area contributed by atoms with E-state index in [1.807, 2.05) is 6.92 Å². The Bertz CT molecular complexity index is 304. The number of nitrogens with zero attached hydrogens (tertiary/aromatic N) is 1. The summed E-state index contributed by atoms with van der Waals surface area (Å²) in [6, 6.07) is 1.69. The van der Waals surface area contributed by atoms with Gasteiger partial charge in [0.05, 0.1) is 12.7 Å². The molecule has 1 rings (SSSR count). The summed E-state index contributed by atoms with van der Waals surface area (Å²) in [6.07, 6.45) is 0.877. The monoisotopic (exact) mass is 197 g/mol. The summed E-state index contributed by atoms with van der Waals surface area (Å²) in [5, 5.41) is 20.5. The van der Waals surface area contributed by atoms with Crippen molar-refractivity contribution in [3.63, 3.8) is 0 Å². The number of aryl methyl sites for hydroxylation is 1. The fourth-order valence-electron chi connectivity index (χ4n) is 0.923. The SMILES string of the molecule is Cc1cnc(NCC(O)CO)cc1N. The zero-order valence-corrected chi connectivity index (χ0v) is 8.07. The Hall–Kier alpha value is -1.33. The molecule has 1 aromatic rings. The van der Waals surface area contributed by atoms with Crippen LogP contribution in [0.2, 0.25) is 0 Å². The second-order valence-electron chi connectivity index (χ2n) is 3.14. The van der Waals surface area contributed by atoms with Gasteiger partial charge in [-0.3, -0.25) is 0 Å². The molecule has 0 aliphatic carbocycles. The summed E-state index contributed by atoms with van der Waals surface area (Å²) >= 11 is 0. The minimum atomic E-state index is -0.778. The van der Waals surface area contributed by atoms with Gasteiger partial charge in [-0.05, 0) is 12.5 Å².